The molecular formula is C54H46ClRh3. The molecule has 0 aliphatic rings. The molecule has 0 radical (unpaired) electrons. The van der Waals surface area contributed by atoms with Crippen LogP contribution in [0.3, 0.4) is 0 Å². The average Bonchev–Trinajstić information content (AvgIpc) is 3.30. The van der Waals surface area contributed by atoms with Crippen molar-refractivity contribution in [2.75, 3.05) is 0 Å². The van der Waals surface area contributed by atoms with Crippen molar-refractivity contribution in [1.82, 2.24) is 0 Å². The van der Waals surface area contributed by atoms with E-state index in [0.717, 1.165) is 0 Å². The summed E-state index contributed by atoms with van der Waals surface area (Å²) in [6, 6.07) is 97.9. The number of hydrogen-bond donors (Lipinski definition) is 0. The second kappa shape index (κ2) is 23.5. The summed E-state index contributed by atoms with van der Waals surface area (Å²) in [5.41, 5.74) is 0. The molecule has 296 valence electrons. The van der Waals surface area contributed by atoms with E-state index in [0.29, 0.717) is 0 Å². The number of hydrogen-bond acceptors (Lipinski definition) is 0. The third-order valence-corrected chi connectivity index (χ3v) is 21.6. The van der Waals surface area contributed by atoms with Crippen LogP contribution >= 0.6 is 12.4 Å². The van der Waals surface area contributed by atoms with Crippen molar-refractivity contribution < 1.29 is 47.9 Å². The van der Waals surface area contributed by atoms with Crippen LogP contribution in [0.4, 0.5) is 0 Å². The molecule has 0 amide bonds. The van der Waals surface area contributed by atoms with E-state index >= 15 is 0 Å². The molecule has 0 N–H and O–H groups in total. The van der Waals surface area contributed by atoms with Gasteiger partial charge in [-0.05, 0) is 0 Å². The third kappa shape index (κ3) is 12.1. The normalized spacial score (nSPS) is 10.9. The molecule has 0 atom stereocenters. The van der Waals surface area contributed by atoms with Gasteiger partial charge >= 0.3 is 358 Å². The second-order valence-electron chi connectivity index (χ2n) is 12.2. The van der Waals surface area contributed by atoms with Gasteiger partial charge in [0.15, 0.2) is 0 Å². The zero-order valence-corrected chi connectivity index (χ0v) is 37.6. The second-order valence-corrected chi connectivity index (χ2v) is 24.4. The van der Waals surface area contributed by atoms with Crippen LogP contribution in [-0.4, -0.2) is 0 Å². The predicted octanol–water partition coefficient (Wildman–Crippen LogP) is 8.17. The third-order valence-electron chi connectivity index (χ3n) is 8.20. The van der Waals surface area contributed by atoms with Gasteiger partial charge in [0.25, 0.3) is 0 Å². The van der Waals surface area contributed by atoms with Crippen LogP contribution in [0.15, 0.2) is 273 Å². The van der Waals surface area contributed by atoms with E-state index in [2.05, 4.69) is 273 Å². The van der Waals surface area contributed by atoms with Gasteiger partial charge < -0.3 is 0 Å². The first-order valence-corrected chi connectivity index (χ1v) is 26.1. The van der Waals surface area contributed by atoms with Crippen LogP contribution in [0.25, 0.3) is 0 Å². The Morgan fingerprint density at radius 2 is 0.224 bits per heavy atom. The average molecular weight is 1040 g/mol. The maximum atomic E-state index is 2.26. The van der Waals surface area contributed by atoms with Crippen LogP contribution in [0.1, 0.15) is 0 Å². The first kappa shape index (κ1) is 42.7. The molecule has 58 heavy (non-hydrogen) atoms. The standard InChI is InChI=1S/9C6H5.ClH.3Rh/c9*1-2-4-6-5-3-1;;;;/h9*1-5H;1H;;;. The van der Waals surface area contributed by atoms with Gasteiger partial charge in [0.05, 0.1) is 0 Å². The molecule has 0 aliphatic carbocycles. The van der Waals surface area contributed by atoms with Crippen LogP contribution < -0.4 is 37.4 Å². The van der Waals surface area contributed by atoms with E-state index in [1.807, 2.05) is 0 Å². The van der Waals surface area contributed by atoms with Gasteiger partial charge in [-0.25, -0.2) is 0 Å². The summed E-state index contributed by atoms with van der Waals surface area (Å²) in [7, 11) is 0. The van der Waals surface area contributed by atoms with E-state index < -0.39 is 47.9 Å². The Morgan fingerprint density at radius 1 is 0.138 bits per heavy atom. The van der Waals surface area contributed by atoms with Crippen molar-refractivity contribution in [3.8, 4) is 0 Å². The van der Waals surface area contributed by atoms with E-state index in [1.54, 1.807) is 0 Å². The molecule has 0 heterocycles. The zero-order chi connectivity index (χ0) is 38.7. The molecule has 0 saturated heterocycles. The van der Waals surface area contributed by atoms with E-state index in [1.165, 1.54) is 37.4 Å². The van der Waals surface area contributed by atoms with E-state index in [9.17, 15) is 0 Å². The Bertz CT molecular complexity index is 1860. The van der Waals surface area contributed by atoms with Crippen molar-refractivity contribution in [2.24, 2.45) is 0 Å². The first-order chi connectivity index (χ1) is 28.3. The zero-order valence-electron chi connectivity index (χ0n) is 31.9. The topological polar surface area (TPSA) is 0 Å². The van der Waals surface area contributed by atoms with Gasteiger partial charge in [0, 0.05) is 0 Å². The number of benzene rings is 9. The Balaban J connectivity index is 0.000000145. The number of rotatable bonds is 9. The molecule has 4 heteroatoms. The van der Waals surface area contributed by atoms with Crippen LogP contribution in [0, 0.1) is 0 Å². The van der Waals surface area contributed by atoms with Gasteiger partial charge in [0.2, 0.25) is 0 Å². The van der Waals surface area contributed by atoms with Crippen molar-refractivity contribution in [3.63, 3.8) is 0 Å². The van der Waals surface area contributed by atoms with Crippen molar-refractivity contribution >= 4 is 49.8 Å². The fraction of sp³-hybridized carbons (Fsp3) is 0. The number of halogens is 1. The molecule has 0 fully saturated rings. The monoisotopic (exact) mass is 1040 g/mol. The molecule has 0 saturated carbocycles. The van der Waals surface area contributed by atoms with E-state index in [-0.39, 0.29) is 12.4 Å². The molecule has 0 aliphatic heterocycles. The summed E-state index contributed by atoms with van der Waals surface area (Å²) >= 11 is -3.62. The van der Waals surface area contributed by atoms with Gasteiger partial charge in [-0.2, -0.15) is 0 Å². The molecule has 0 unspecified atom stereocenters. The molecule has 0 spiro atoms. The predicted molar refractivity (Wildman–Crippen MR) is 242 cm³/mol. The Morgan fingerprint density at radius 3 is 0.310 bits per heavy atom. The summed E-state index contributed by atoms with van der Waals surface area (Å²) in [6.07, 6.45) is 0. The molecule has 9 aromatic carbocycles. The summed E-state index contributed by atoms with van der Waals surface area (Å²) in [4.78, 5) is 0. The van der Waals surface area contributed by atoms with Crippen molar-refractivity contribution in [1.29, 1.82) is 0 Å². The minimum atomic E-state index is -1.21. The van der Waals surface area contributed by atoms with Crippen LogP contribution in [-0.2, 0) is 47.9 Å². The molecule has 0 bridgehead atoms. The van der Waals surface area contributed by atoms with Gasteiger partial charge in [-0.3, -0.25) is 0 Å². The summed E-state index contributed by atoms with van der Waals surface area (Å²) in [5.74, 6) is 0. The van der Waals surface area contributed by atoms with Gasteiger partial charge in [-0.15, -0.1) is 12.4 Å². The minimum absolute atomic E-state index is 0. The molecular weight excluding hydrogens is 993 g/mol. The maximum absolute atomic E-state index is 2.26. The molecule has 0 aromatic heterocycles. The summed E-state index contributed by atoms with van der Waals surface area (Å²) in [5, 5.41) is 0. The molecule has 0 nitrogen and oxygen atoms in total. The SMILES string of the molecule is Cl.c1cc[c]([Rh]([c]2ccccc2)[c]2ccccc2)cc1.c1cc[c]([Rh]([c]2ccccc2)[c]2ccccc2)cc1.c1cc[c]([Rh]([c]2ccccc2)[c]2ccccc2)cc1. The Kier molecular flexibility index (Phi) is 17.3. The molecule has 9 rings (SSSR count). The summed E-state index contributed by atoms with van der Waals surface area (Å²) in [6.45, 7) is 0. The van der Waals surface area contributed by atoms with Crippen molar-refractivity contribution in [2.45, 2.75) is 0 Å². The summed E-state index contributed by atoms with van der Waals surface area (Å²) < 4.78 is 13.2. The van der Waals surface area contributed by atoms with E-state index in [4.69, 9.17) is 0 Å². The van der Waals surface area contributed by atoms with Gasteiger partial charge in [-0.1, -0.05) is 0 Å². The quantitative estimate of drug-likeness (QED) is 0.128. The Labute approximate surface area is 367 Å². The fourth-order valence-corrected chi connectivity index (χ4v) is 18.3. The first-order valence-electron chi connectivity index (χ1n) is 18.7. The fourth-order valence-electron chi connectivity index (χ4n) is 5.65. The van der Waals surface area contributed by atoms with Crippen LogP contribution in [0.2, 0.25) is 0 Å². The van der Waals surface area contributed by atoms with Crippen molar-refractivity contribution in [3.05, 3.63) is 273 Å². The molecule has 9 aromatic rings. The van der Waals surface area contributed by atoms with Gasteiger partial charge in [0.1, 0.15) is 0 Å². The Hall–Kier alpha value is -4.86. The van der Waals surface area contributed by atoms with Crippen LogP contribution in [0.5, 0.6) is 0 Å².